The van der Waals surface area contributed by atoms with Crippen molar-refractivity contribution in [2.24, 2.45) is 0 Å². The summed E-state index contributed by atoms with van der Waals surface area (Å²) < 4.78 is 101. The summed E-state index contributed by atoms with van der Waals surface area (Å²) in [5.74, 6) is -5.74. The standard InChI is InChI=1S/C32H39F6N3O6/c1-30(2,3)46-25(42)17-40(28(43)32(36,37)38)27-23(45-18-19-10-8-7-9-11-19)15-22-21(26(27)35)14-20(16-39-13-12-24(33)34)41(22)29(44)47-31(4,5)6/h7-11,15,20,24,39H,12-14,16-18H2,1-6H3/t20-/m1/s1. The molecule has 1 aliphatic heterocycles. The third-order valence-electron chi connectivity index (χ3n) is 6.56. The third-order valence-corrected chi connectivity index (χ3v) is 6.56. The average Bonchev–Trinajstić information content (AvgIpc) is 3.29. The second-order valence-corrected chi connectivity index (χ2v) is 12.9. The van der Waals surface area contributed by atoms with Crippen molar-refractivity contribution < 1.29 is 54.9 Å². The number of anilines is 2. The molecule has 0 aliphatic carbocycles. The Hall–Kier alpha value is -4.01. The van der Waals surface area contributed by atoms with E-state index in [2.05, 4.69) is 5.32 Å². The van der Waals surface area contributed by atoms with Gasteiger partial charge in [-0.25, -0.2) is 18.0 Å². The maximum Gasteiger partial charge on any atom is 0.471 e. The molecule has 2 amide bonds. The lowest BCUT2D eigenvalue weighted by atomic mass is 10.1. The van der Waals surface area contributed by atoms with Gasteiger partial charge in [0.15, 0.2) is 5.82 Å². The van der Waals surface area contributed by atoms with Crippen molar-refractivity contribution in [1.29, 1.82) is 0 Å². The molecule has 0 saturated heterocycles. The molecular weight excluding hydrogens is 636 g/mol. The molecule has 260 valence electrons. The zero-order chi connectivity index (χ0) is 35.3. The van der Waals surface area contributed by atoms with E-state index in [1.807, 2.05) is 0 Å². The van der Waals surface area contributed by atoms with E-state index >= 15 is 4.39 Å². The number of halogens is 6. The number of hydrogen-bond donors (Lipinski definition) is 1. The molecule has 0 spiro atoms. The number of ether oxygens (including phenoxy) is 3. The van der Waals surface area contributed by atoms with Gasteiger partial charge in [0.25, 0.3) is 0 Å². The Morgan fingerprint density at radius 2 is 1.62 bits per heavy atom. The fraction of sp³-hybridized carbons (Fsp3) is 0.531. The van der Waals surface area contributed by atoms with Crippen molar-refractivity contribution in [2.45, 2.75) is 90.8 Å². The number of nitrogens with one attached hydrogen (secondary N) is 1. The van der Waals surface area contributed by atoms with E-state index < -0.39 is 78.0 Å². The molecule has 0 unspecified atom stereocenters. The first-order valence-electron chi connectivity index (χ1n) is 14.8. The molecule has 1 atom stereocenters. The third kappa shape index (κ3) is 10.5. The van der Waals surface area contributed by atoms with Crippen LogP contribution in [0, 0.1) is 5.82 Å². The molecule has 1 aliphatic rings. The zero-order valence-corrected chi connectivity index (χ0v) is 27.0. The molecule has 1 N–H and O–H groups in total. The summed E-state index contributed by atoms with van der Waals surface area (Å²) >= 11 is 0. The second kappa shape index (κ2) is 14.8. The van der Waals surface area contributed by atoms with Crippen LogP contribution in [0.25, 0.3) is 0 Å². The number of carbonyl (C=O) groups excluding carboxylic acids is 3. The van der Waals surface area contributed by atoms with Gasteiger partial charge in [-0.05, 0) is 53.5 Å². The minimum atomic E-state index is -5.54. The number of fused-ring (bicyclic) bond motifs is 1. The van der Waals surface area contributed by atoms with Crippen LogP contribution in [-0.2, 0) is 32.1 Å². The van der Waals surface area contributed by atoms with Gasteiger partial charge in [-0.3, -0.25) is 19.4 Å². The molecule has 9 nitrogen and oxygen atoms in total. The van der Waals surface area contributed by atoms with Gasteiger partial charge in [0.05, 0.1) is 11.7 Å². The van der Waals surface area contributed by atoms with Crippen LogP contribution in [-0.4, -0.2) is 67.4 Å². The van der Waals surface area contributed by atoms with Gasteiger partial charge in [0, 0.05) is 31.1 Å². The molecule has 0 radical (unpaired) electrons. The lowest BCUT2D eigenvalue weighted by Gasteiger charge is -2.30. The summed E-state index contributed by atoms with van der Waals surface area (Å²) in [6, 6.07) is 8.49. The summed E-state index contributed by atoms with van der Waals surface area (Å²) in [4.78, 5) is 40.0. The van der Waals surface area contributed by atoms with Gasteiger partial charge in [0.2, 0.25) is 6.43 Å². The van der Waals surface area contributed by atoms with Crippen LogP contribution in [0.5, 0.6) is 5.75 Å². The zero-order valence-electron chi connectivity index (χ0n) is 27.0. The van der Waals surface area contributed by atoms with Gasteiger partial charge in [-0.2, -0.15) is 13.2 Å². The van der Waals surface area contributed by atoms with Crippen molar-refractivity contribution in [2.75, 3.05) is 29.4 Å². The smallest absolute Gasteiger partial charge is 0.471 e. The number of nitrogens with zero attached hydrogens (tertiary/aromatic N) is 2. The van der Waals surface area contributed by atoms with E-state index in [4.69, 9.17) is 14.2 Å². The van der Waals surface area contributed by atoms with Gasteiger partial charge in [-0.1, -0.05) is 30.3 Å². The number of esters is 1. The first-order valence-corrected chi connectivity index (χ1v) is 14.8. The van der Waals surface area contributed by atoms with E-state index in [1.54, 1.807) is 51.1 Å². The second-order valence-electron chi connectivity index (χ2n) is 12.9. The molecule has 47 heavy (non-hydrogen) atoms. The Kier molecular flexibility index (Phi) is 11.8. The maximum absolute atomic E-state index is 16.7. The summed E-state index contributed by atoms with van der Waals surface area (Å²) in [7, 11) is 0. The maximum atomic E-state index is 16.7. The van der Waals surface area contributed by atoms with Crippen LogP contribution >= 0.6 is 0 Å². The van der Waals surface area contributed by atoms with Crippen LogP contribution in [0.1, 0.15) is 59.1 Å². The molecule has 2 aromatic rings. The SMILES string of the molecule is CC(C)(C)OC(=O)CN(C(=O)C(F)(F)F)c1c(OCc2ccccc2)cc2c(c1F)C[C@H](CNCCC(F)F)N2C(=O)OC(C)(C)C. The van der Waals surface area contributed by atoms with Crippen molar-refractivity contribution in [3.05, 3.63) is 53.3 Å². The van der Waals surface area contributed by atoms with Crippen LogP contribution in [0.2, 0.25) is 0 Å². The van der Waals surface area contributed by atoms with E-state index in [-0.39, 0.29) is 42.3 Å². The van der Waals surface area contributed by atoms with Crippen molar-refractivity contribution in [3.63, 3.8) is 0 Å². The Morgan fingerprint density at radius 3 is 2.17 bits per heavy atom. The van der Waals surface area contributed by atoms with Crippen LogP contribution in [0.4, 0.5) is 42.5 Å². The van der Waals surface area contributed by atoms with Gasteiger partial charge in [-0.15, -0.1) is 0 Å². The number of hydrogen-bond acceptors (Lipinski definition) is 7. The van der Waals surface area contributed by atoms with Crippen LogP contribution in [0.15, 0.2) is 36.4 Å². The summed E-state index contributed by atoms with van der Waals surface area (Å²) in [6.45, 7) is 7.30. The Bertz CT molecular complexity index is 1420. The topological polar surface area (TPSA) is 97.4 Å². The highest BCUT2D eigenvalue weighted by molar-refractivity contribution is 6.03. The lowest BCUT2D eigenvalue weighted by Crippen LogP contribution is -2.46. The molecule has 0 bridgehead atoms. The monoisotopic (exact) mass is 675 g/mol. The number of amides is 2. The highest BCUT2D eigenvalue weighted by Gasteiger charge is 2.47. The van der Waals surface area contributed by atoms with E-state index in [1.165, 1.54) is 20.8 Å². The summed E-state index contributed by atoms with van der Waals surface area (Å²) in [5, 5.41) is 2.79. The molecule has 2 aromatic carbocycles. The number of alkyl halides is 5. The number of rotatable bonds is 11. The Labute approximate surface area is 269 Å². The quantitative estimate of drug-likeness (QED) is 0.164. The van der Waals surface area contributed by atoms with Crippen molar-refractivity contribution in [1.82, 2.24) is 5.32 Å². The largest absolute Gasteiger partial charge is 0.487 e. The highest BCUT2D eigenvalue weighted by atomic mass is 19.4. The molecule has 3 rings (SSSR count). The predicted molar refractivity (Wildman–Crippen MR) is 161 cm³/mol. The molecule has 1 heterocycles. The van der Waals surface area contributed by atoms with Crippen molar-refractivity contribution in [3.8, 4) is 5.75 Å². The first-order chi connectivity index (χ1) is 21.7. The van der Waals surface area contributed by atoms with Gasteiger partial charge < -0.3 is 19.5 Å². The van der Waals surface area contributed by atoms with Crippen molar-refractivity contribution >= 4 is 29.3 Å². The minimum Gasteiger partial charge on any atom is -0.487 e. The van der Waals surface area contributed by atoms with E-state index in [9.17, 15) is 36.3 Å². The van der Waals surface area contributed by atoms with Gasteiger partial charge >= 0.3 is 24.1 Å². The molecule has 0 saturated carbocycles. The van der Waals surface area contributed by atoms with E-state index in [0.29, 0.717) is 5.56 Å². The minimum absolute atomic E-state index is 0.0873. The fourth-order valence-corrected chi connectivity index (χ4v) is 4.78. The highest BCUT2D eigenvalue weighted by Crippen LogP contribution is 2.45. The molecule has 0 aromatic heterocycles. The molecule has 15 heteroatoms. The Balaban J connectivity index is 2.20. The fourth-order valence-electron chi connectivity index (χ4n) is 4.78. The van der Waals surface area contributed by atoms with Gasteiger partial charge in [0.1, 0.15) is 35.8 Å². The first kappa shape index (κ1) is 37.4. The van der Waals surface area contributed by atoms with Crippen LogP contribution < -0.4 is 19.9 Å². The average molecular weight is 676 g/mol. The molecule has 0 fully saturated rings. The van der Waals surface area contributed by atoms with E-state index in [0.717, 1.165) is 11.0 Å². The molecular formula is C32H39F6N3O6. The van der Waals surface area contributed by atoms with Crippen LogP contribution in [0.3, 0.4) is 0 Å². The lowest BCUT2D eigenvalue weighted by molar-refractivity contribution is -0.171. The Morgan fingerprint density at radius 1 is 1.00 bits per heavy atom. The predicted octanol–water partition coefficient (Wildman–Crippen LogP) is 6.55. The number of benzene rings is 2. The summed E-state index contributed by atoms with van der Waals surface area (Å²) in [5.41, 5.74) is -3.01. The number of carbonyl (C=O) groups is 3. The summed E-state index contributed by atoms with van der Waals surface area (Å²) in [6.07, 6.45) is -9.87. The normalized spacial score (nSPS) is 15.0.